The molecule has 2 aromatic carbocycles. The molecule has 140 valence electrons. The minimum Gasteiger partial charge on any atom is -0.289 e. The summed E-state index contributed by atoms with van der Waals surface area (Å²) in [7, 11) is -3.84. The van der Waals surface area contributed by atoms with Crippen LogP contribution in [0.4, 0.5) is 0 Å². The molecule has 4 rings (SSSR count). The molecule has 0 spiro atoms. The summed E-state index contributed by atoms with van der Waals surface area (Å²) in [5, 5.41) is 0. The quantitative estimate of drug-likeness (QED) is 0.680. The first-order valence-corrected chi connectivity index (χ1v) is 10.8. The molecule has 1 fully saturated rings. The van der Waals surface area contributed by atoms with Crippen molar-refractivity contribution in [3.05, 3.63) is 64.7 Å². The van der Waals surface area contributed by atoms with E-state index in [4.69, 9.17) is 0 Å². The SMILES string of the molecule is O=C1c2ccccc2C(=O)c2c1cccc2S(=O)(=O)N1CCCCCCC1. The largest absolute Gasteiger partial charge is 0.289 e. The molecule has 0 aromatic heterocycles. The van der Waals surface area contributed by atoms with Gasteiger partial charge in [0.2, 0.25) is 10.0 Å². The van der Waals surface area contributed by atoms with Crippen molar-refractivity contribution in [2.45, 2.75) is 37.0 Å². The van der Waals surface area contributed by atoms with Gasteiger partial charge >= 0.3 is 0 Å². The van der Waals surface area contributed by atoms with Gasteiger partial charge in [-0.25, -0.2) is 8.42 Å². The summed E-state index contributed by atoms with van der Waals surface area (Å²) in [5.41, 5.74) is 0.788. The average Bonchev–Trinajstić information content (AvgIpc) is 2.65. The van der Waals surface area contributed by atoms with Crippen molar-refractivity contribution in [3.8, 4) is 0 Å². The predicted octanol–water partition coefficient (Wildman–Crippen LogP) is 3.42. The van der Waals surface area contributed by atoms with E-state index in [0.717, 1.165) is 32.1 Å². The Morgan fingerprint density at radius 2 is 1.22 bits per heavy atom. The fraction of sp³-hybridized carbons (Fsp3) is 0.333. The summed E-state index contributed by atoms with van der Waals surface area (Å²) in [6, 6.07) is 11.1. The van der Waals surface area contributed by atoms with Crippen molar-refractivity contribution in [2.75, 3.05) is 13.1 Å². The van der Waals surface area contributed by atoms with Crippen molar-refractivity contribution in [1.82, 2.24) is 4.31 Å². The van der Waals surface area contributed by atoms with Gasteiger partial charge in [-0.15, -0.1) is 0 Å². The van der Waals surface area contributed by atoms with Gasteiger partial charge in [0.15, 0.2) is 11.6 Å². The van der Waals surface area contributed by atoms with Crippen LogP contribution in [0.5, 0.6) is 0 Å². The third kappa shape index (κ3) is 3.03. The molecule has 2 aromatic rings. The van der Waals surface area contributed by atoms with Crippen LogP contribution in [-0.2, 0) is 10.0 Å². The molecule has 0 radical (unpaired) electrons. The number of benzene rings is 2. The average molecular weight is 383 g/mol. The standard InChI is InChI=1S/C21H21NO4S/c23-20-15-9-4-5-10-16(15)21(24)19-17(20)11-8-12-18(19)27(25,26)22-13-6-2-1-3-7-14-22/h4-5,8-12H,1-3,6-7,13-14H2. The van der Waals surface area contributed by atoms with E-state index in [1.807, 2.05) is 0 Å². The second-order valence-electron chi connectivity index (χ2n) is 7.05. The minimum atomic E-state index is -3.84. The normalized spacial score (nSPS) is 18.4. The minimum absolute atomic E-state index is 0.0169. The van der Waals surface area contributed by atoms with Gasteiger partial charge in [-0.1, -0.05) is 55.7 Å². The Morgan fingerprint density at radius 1 is 0.667 bits per heavy atom. The molecule has 1 heterocycles. The van der Waals surface area contributed by atoms with Crippen LogP contribution >= 0.6 is 0 Å². The van der Waals surface area contributed by atoms with Gasteiger partial charge in [0.1, 0.15) is 0 Å². The molecule has 5 nitrogen and oxygen atoms in total. The molecule has 0 amide bonds. The first-order valence-electron chi connectivity index (χ1n) is 9.33. The maximum Gasteiger partial charge on any atom is 0.243 e. The molecule has 1 aliphatic carbocycles. The molecule has 0 atom stereocenters. The molecule has 0 N–H and O–H groups in total. The number of fused-ring (bicyclic) bond motifs is 2. The monoisotopic (exact) mass is 383 g/mol. The van der Waals surface area contributed by atoms with E-state index >= 15 is 0 Å². The van der Waals surface area contributed by atoms with E-state index in [1.54, 1.807) is 30.3 Å². The summed E-state index contributed by atoms with van der Waals surface area (Å²) in [6.45, 7) is 0.898. The smallest absolute Gasteiger partial charge is 0.243 e. The molecule has 2 aliphatic rings. The molecular formula is C21H21NO4S. The van der Waals surface area contributed by atoms with Gasteiger partial charge in [-0.05, 0) is 18.9 Å². The lowest BCUT2D eigenvalue weighted by atomic mass is 9.84. The first-order chi connectivity index (χ1) is 13.0. The van der Waals surface area contributed by atoms with E-state index in [0.29, 0.717) is 18.7 Å². The lowest BCUT2D eigenvalue weighted by molar-refractivity contribution is 0.0976. The van der Waals surface area contributed by atoms with Crippen LogP contribution < -0.4 is 0 Å². The summed E-state index contributed by atoms with van der Waals surface area (Å²) < 4.78 is 28.2. The van der Waals surface area contributed by atoms with Gasteiger partial charge < -0.3 is 0 Å². The zero-order valence-corrected chi connectivity index (χ0v) is 15.8. The fourth-order valence-corrected chi connectivity index (χ4v) is 5.65. The van der Waals surface area contributed by atoms with Crippen molar-refractivity contribution in [1.29, 1.82) is 0 Å². The Morgan fingerprint density at radius 3 is 1.89 bits per heavy atom. The zero-order valence-electron chi connectivity index (χ0n) is 15.0. The predicted molar refractivity (Wildman–Crippen MR) is 102 cm³/mol. The van der Waals surface area contributed by atoms with Gasteiger partial charge in [-0.2, -0.15) is 4.31 Å². The van der Waals surface area contributed by atoms with Crippen LogP contribution in [0.25, 0.3) is 0 Å². The molecule has 1 saturated heterocycles. The fourth-order valence-electron chi connectivity index (χ4n) is 3.93. The number of hydrogen-bond acceptors (Lipinski definition) is 4. The number of hydrogen-bond donors (Lipinski definition) is 0. The molecule has 0 unspecified atom stereocenters. The van der Waals surface area contributed by atoms with Gasteiger partial charge in [0.25, 0.3) is 0 Å². The van der Waals surface area contributed by atoms with Crippen LogP contribution in [0.15, 0.2) is 47.4 Å². The molecule has 1 aliphatic heterocycles. The number of carbonyl (C=O) groups is 2. The number of rotatable bonds is 2. The number of nitrogens with zero attached hydrogens (tertiary/aromatic N) is 1. The maximum atomic E-state index is 13.4. The van der Waals surface area contributed by atoms with Gasteiger partial charge in [0, 0.05) is 29.8 Å². The van der Waals surface area contributed by atoms with E-state index in [2.05, 4.69) is 0 Å². The van der Waals surface area contributed by atoms with Crippen LogP contribution in [0.2, 0.25) is 0 Å². The topological polar surface area (TPSA) is 71.5 Å². The molecule has 27 heavy (non-hydrogen) atoms. The lowest BCUT2D eigenvalue weighted by Crippen LogP contribution is -2.35. The van der Waals surface area contributed by atoms with E-state index in [-0.39, 0.29) is 27.4 Å². The Bertz CT molecular complexity index is 1020. The van der Waals surface area contributed by atoms with Gasteiger partial charge in [0.05, 0.1) is 10.5 Å². The maximum absolute atomic E-state index is 13.4. The van der Waals surface area contributed by atoms with Gasteiger partial charge in [-0.3, -0.25) is 9.59 Å². The van der Waals surface area contributed by atoms with Crippen molar-refractivity contribution < 1.29 is 18.0 Å². The molecule has 0 bridgehead atoms. The summed E-state index contributed by atoms with van der Waals surface area (Å²) in [4.78, 5) is 25.9. The van der Waals surface area contributed by atoms with Crippen LogP contribution in [0, 0.1) is 0 Å². The third-order valence-corrected chi connectivity index (χ3v) is 7.29. The third-order valence-electron chi connectivity index (χ3n) is 5.35. The highest BCUT2D eigenvalue weighted by atomic mass is 32.2. The van der Waals surface area contributed by atoms with Crippen LogP contribution in [0.1, 0.15) is 63.9 Å². The highest BCUT2D eigenvalue weighted by molar-refractivity contribution is 7.89. The second kappa shape index (κ2) is 7.02. The lowest BCUT2D eigenvalue weighted by Gasteiger charge is -2.26. The molecular weight excluding hydrogens is 362 g/mol. The Kier molecular flexibility index (Phi) is 4.70. The highest BCUT2D eigenvalue weighted by Gasteiger charge is 2.36. The van der Waals surface area contributed by atoms with E-state index < -0.39 is 15.8 Å². The second-order valence-corrected chi connectivity index (χ2v) is 8.96. The Hall–Kier alpha value is -2.31. The zero-order chi connectivity index (χ0) is 19.0. The van der Waals surface area contributed by atoms with Crippen LogP contribution in [0.3, 0.4) is 0 Å². The van der Waals surface area contributed by atoms with Crippen LogP contribution in [-0.4, -0.2) is 37.4 Å². The Labute approximate surface area is 159 Å². The summed E-state index contributed by atoms with van der Waals surface area (Å²) in [5.74, 6) is -0.698. The molecule has 6 heteroatoms. The first kappa shape index (κ1) is 18.1. The van der Waals surface area contributed by atoms with E-state index in [1.165, 1.54) is 16.4 Å². The highest BCUT2D eigenvalue weighted by Crippen LogP contribution is 2.33. The van der Waals surface area contributed by atoms with Crippen molar-refractivity contribution >= 4 is 21.6 Å². The molecule has 0 saturated carbocycles. The number of sulfonamides is 1. The van der Waals surface area contributed by atoms with Crippen molar-refractivity contribution in [2.24, 2.45) is 0 Å². The number of carbonyl (C=O) groups excluding carboxylic acids is 2. The Balaban J connectivity index is 1.84. The van der Waals surface area contributed by atoms with E-state index in [9.17, 15) is 18.0 Å². The number of ketones is 2. The van der Waals surface area contributed by atoms with Crippen molar-refractivity contribution in [3.63, 3.8) is 0 Å². The summed E-state index contributed by atoms with van der Waals surface area (Å²) >= 11 is 0. The summed E-state index contributed by atoms with van der Waals surface area (Å²) in [6.07, 6.45) is 4.75.